The van der Waals surface area contributed by atoms with E-state index in [9.17, 15) is 4.79 Å². The molecule has 0 saturated carbocycles. The number of rotatable bonds is 3. The van der Waals surface area contributed by atoms with Crippen LogP contribution < -0.4 is 0 Å². The van der Waals surface area contributed by atoms with Crippen molar-refractivity contribution >= 4 is 5.97 Å². The van der Waals surface area contributed by atoms with Gasteiger partial charge in [-0.15, -0.1) is 0 Å². The Balaban J connectivity index is 2.44. The standard InChI is InChI=1S/C10H16O2/c1-10(2,9(11)12)7-8-5-3-4-6-8/h3-4,8H,5-7H2,1-2H3,(H,11,12). The number of allylic oxidation sites excluding steroid dienone is 2. The molecule has 12 heavy (non-hydrogen) atoms. The zero-order valence-electron chi connectivity index (χ0n) is 7.71. The third kappa shape index (κ3) is 2.10. The number of hydrogen-bond acceptors (Lipinski definition) is 1. The van der Waals surface area contributed by atoms with Crippen LogP contribution in [0.15, 0.2) is 12.2 Å². The molecule has 1 rings (SSSR count). The normalized spacial score (nSPS) is 18.5. The second-order valence-electron chi connectivity index (χ2n) is 4.20. The Kier molecular flexibility index (Phi) is 2.55. The van der Waals surface area contributed by atoms with Gasteiger partial charge in [-0.1, -0.05) is 12.2 Å². The molecule has 0 aromatic heterocycles. The Morgan fingerprint density at radius 3 is 2.42 bits per heavy atom. The van der Waals surface area contributed by atoms with Crippen LogP contribution in [0.2, 0.25) is 0 Å². The Morgan fingerprint density at radius 2 is 2.00 bits per heavy atom. The van der Waals surface area contributed by atoms with Crippen LogP contribution in [0.5, 0.6) is 0 Å². The fourth-order valence-electron chi connectivity index (χ4n) is 1.65. The number of hydrogen-bond donors (Lipinski definition) is 1. The highest BCUT2D eigenvalue weighted by Gasteiger charge is 2.30. The van der Waals surface area contributed by atoms with Crippen molar-refractivity contribution in [2.75, 3.05) is 0 Å². The van der Waals surface area contributed by atoms with Crippen LogP contribution in [0.25, 0.3) is 0 Å². The van der Waals surface area contributed by atoms with Gasteiger partial charge in [0.15, 0.2) is 0 Å². The van der Waals surface area contributed by atoms with E-state index in [1.807, 2.05) is 0 Å². The van der Waals surface area contributed by atoms with Crippen molar-refractivity contribution in [2.24, 2.45) is 11.3 Å². The van der Waals surface area contributed by atoms with Gasteiger partial charge >= 0.3 is 5.97 Å². The molecule has 1 aliphatic carbocycles. The lowest BCUT2D eigenvalue weighted by molar-refractivity contribution is -0.147. The Morgan fingerprint density at radius 1 is 1.50 bits per heavy atom. The second kappa shape index (κ2) is 3.30. The summed E-state index contributed by atoms with van der Waals surface area (Å²) in [5, 5.41) is 8.88. The lowest BCUT2D eigenvalue weighted by Gasteiger charge is -2.22. The first kappa shape index (κ1) is 9.30. The van der Waals surface area contributed by atoms with Crippen molar-refractivity contribution in [1.29, 1.82) is 0 Å². The lowest BCUT2D eigenvalue weighted by Crippen LogP contribution is -2.26. The van der Waals surface area contributed by atoms with Crippen molar-refractivity contribution in [1.82, 2.24) is 0 Å². The largest absolute Gasteiger partial charge is 0.481 e. The molecule has 0 aliphatic heterocycles. The van der Waals surface area contributed by atoms with Crippen LogP contribution >= 0.6 is 0 Å². The summed E-state index contributed by atoms with van der Waals surface area (Å²) in [4.78, 5) is 10.8. The molecule has 0 unspecified atom stereocenters. The van der Waals surface area contributed by atoms with Gasteiger partial charge in [0.25, 0.3) is 0 Å². The molecule has 2 nitrogen and oxygen atoms in total. The fourth-order valence-corrected chi connectivity index (χ4v) is 1.65. The molecule has 0 bridgehead atoms. The van der Waals surface area contributed by atoms with Gasteiger partial charge < -0.3 is 5.11 Å². The van der Waals surface area contributed by atoms with Gasteiger partial charge in [0.05, 0.1) is 5.41 Å². The van der Waals surface area contributed by atoms with E-state index in [1.165, 1.54) is 0 Å². The second-order valence-corrected chi connectivity index (χ2v) is 4.20. The summed E-state index contributed by atoms with van der Waals surface area (Å²) >= 11 is 0. The zero-order chi connectivity index (χ0) is 9.19. The van der Waals surface area contributed by atoms with Crippen LogP contribution in [0.3, 0.4) is 0 Å². The van der Waals surface area contributed by atoms with Crippen molar-refractivity contribution < 1.29 is 9.90 Å². The average molecular weight is 168 g/mol. The molecule has 1 N–H and O–H groups in total. The Hall–Kier alpha value is -0.790. The average Bonchev–Trinajstić information content (AvgIpc) is 2.38. The van der Waals surface area contributed by atoms with E-state index >= 15 is 0 Å². The van der Waals surface area contributed by atoms with Crippen LogP contribution in [-0.4, -0.2) is 11.1 Å². The minimum atomic E-state index is -0.686. The zero-order valence-corrected chi connectivity index (χ0v) is 7.71. The summed E-state index contributed by atoms with van der Waals surface area (Å²) in [6.07, 6.45) is 7.17. The molecule has 1 aliphatic rings. The summed E-state index contributed by atoms with van der Waals surface area (Å²) in [5.41, 5.74) is -0.559. The maximum absolute atomic E-state index is 10.8. The topological polar surface area (TPSA) is 37.3 Å². The van der Waals surface area contributed by atoms with E-state index < -0.39 is 11.4 Å². The van der Waals surface area contributed by atoms with E-state index in [0.29, 0.717) is 5.92 Å². The number of carboxylic acid groups (broad SMARTS) is 1. The number of carboxylic acids is 1. The summed E-state index contributed by atoms with van der Waals surface area (Å²) < 4.78 is 0. The molecule has 0 amide bonds. The summed E-state index contributed by atoms with van der Waals surface area (Å²) in [6.45, 7) is 3.60. The number of aliphatic carboxylic acids is 1. The van der Waals surface area contributed by atoms with Crippen LogP contribution in [0.1, 0.15) is 33.1 Å². The highest BCUT2D eigenvalue weighted by molar-refractivity contribution is 5.73. The molecular formula is C10H16O2. The first-order valence-electron chi connectivity index (χ1n) is 4.41. The monoisotopic (exact) mass is 168 g/mol. The fraction of sp³-hybridized carbons (Fsp3) is 0.700. The molecule has 0 heterocycles. The minimum absolute atomic E-state index is 0.552. The lowest BCUT2D eigenvalue weighted by atomic mass is 9.82. The van der Waals surface area contributed by atoms with Gasteiger partial charge in [0.1, 0.15) is 0 Å². The minimum Gasteiger partial charge on any atom is -0.481 e. The van der Waals surface area contributed by atoms with Gasteiger partial charge in [-0.25, -0.2) is 0 Å². The van der Waals surface area contributed by atoms with Crippen LogP contribution in [-0.2, 0) is 4.79 Å². The first-order valence-corrected chi connectivity index (χ1v) is 4.41. The first-order chi connectivity index (χ1) is 5.52. The molecule has 0 saturated heterocycles. The third-order valence-corrected chi connectivity index (χ3v) is 2.48. The molecule has 0 radical (unpaired) electrons. The van der Waals surface area contributed by atoms with Crippen LogP contribution in [0, 0.1) is 11.3 Å². The SMILES string of the molecule is CC(C)(CC1CC=CC1)C(=O)O. The van der Waals surface area contributed by atoms with Crippen molar-refractivity contribution in [3.63, 3.8) is 0 Å². The number of carbonyl (C=O) groups is 1. The van der Waals surface area contributed by atoms with Gasteiger partial charge in [0.2, 0.25) is 0 Å². The molecule has 0 atom stereocenters. The van der Waals surface area contributed by atoms with Gasteiger partial charge in [-0.2, -0.15) is 0 Å². The summed E-state index contributed by atoms with van der Waals surface area (Å²) in [6, 6.07) is 0. The van der Waals surface area contributed by atoms with E-state index in [0.717, 1.165) is 19.3 Å². The van der Waals surface area contributed by atoms with Crippen molar-refractivity contribution in [2.45, 2.75) is 33.1 Å². The molecule has 68 valence electrons. The smallest absolute Gasteiger partial charge is 0.309 e. The molecule has 0 aromatic carbocycles. The summed E-state index contributed by atoms with van der Waals surface area (Å²) in [7, 11) is 0. The maximum atomic E-state index is 10.8. The van der Waals surface area contributed by atoms with E-state index in [1.54, 1.807) is 13.8 Å². The van der Waals surface area contributed by atoms with Gasteiger partial charge in [-0.05, 0) is 39.0 Å². The molecule has 0 fully saturated rings. The summed E-state index contributed by atoms with van der Waals surface area (Å²) in [5.74, 6) is -0.134. The third-order valence-electron chi connectivity index (χ3n) is 2.48. The Bertz CT molecular complexity index is 196. The maximum Gasteiger partial charge on any atom is 0.309 e. The van der Waals surface area contributed by atoms with Gasteiger partial charge in [-0.3, -0.25) is 4.79 Å². The molecule has 0 spiro atoms. The highest BCUT2D eigenvalue weighted by atomic mass is 16.4. The van der Waals surface area contributed by atoms with E-state index in [2.05, 4.69) is 12.2 Å². The van der Waals surface area contributed by atoms with Crippen molar-refractivity contribution in [3.05, 3.63) is 12.2 Å². The molecular weight excluding hydrogens is 152 g/mol. The predicted molar refractivity (Wildman–Crippen MR) is 47.9 cm³/mol. The highest BCUT2D eigenvalue weighted by Crippen LogP contribution is 2.32. The Labute approximate surface area is 73.3 Å². The van der Waals surface area contributed by atoms with Crippen LogP contribution in [0.4, 0.5) is 0 Å². The predicted octanol–water partition coefficient (Wildman–Crippen LogP) is 2.45. The quantitative estimate of drug-likeness (QED) is 0.657. The van der Waals surface area contributed by atoms with E-state index in [4.69, 9.17) is 5.11 Å². The molecule has 0 aromatic rings. The molecule has 2 heteroatoms. The van der Waals surface area contributed by atoms with Crippen molar-refractivity contribution in [3.8, 4) is 0 Å². The van der Waals surface area contributed by atoms with E-state index in [-0.39, 0.29) is 0 Å². The van der Waals surface area contributed by atoms with Gasteiger partial charge in [0, 0.05) is 0 Å².